The number of rotatable bonds is 7. The Morgan fingerprint density at radius 1 is 1.38 bits per heavy atom. The minimum Gasteiger partial charge on any atom is -0.464 e. The van der Waals surface area contributed by atoms with Crippen molar-refractivity contribution in [2.45, 2.75) is 44.6 Å². The van der Waals surface area contributed by atoms with Crippen LogP contribution in [0.15, 0.2) is 30.6 Å². The van der Waals surface area contributed by atoms with Crippen molar-refractivity contribution in [3.05, 3.63) is 53.1 Å². The molecule has 3 atom stereocenters. The zero-order valence-electron chi connectivity index (χ0n) is 17.9. The molecule has 3 rings (SSSR count). The molecule has 1 aromatic carbocycles. The van der Waals surface area contributed by atoms with Gasteiger partial charge in [0.15, 0.2) is 29.4 Å². The maximum atomic E-state index is 13.4. The third-order valence-corrected chi connectivity index (χ3v) is 5.37. The molecule has 32 heavy (non-hydrogen) atoms. The van der Waals surface area contributed by atoms with Crippen LogP contribution >= 0.6 is 0 Å². The number of methoxy groups -OCH3 is 1. The average molecular weight is 441 g/mol. The number of aromatic nitrogens is 2. The van der Waals surface area contributed by atoms with Gasteiger partial charge in [0.05, 0.1) is 38.2 Å². The van der Waals surface area contributed by atoms with Crippen LogP contribution in [-0.2, 0) is 25.4 Å². The van der Waals surface area contributed by atoms with Gasteiger partial charge in [-0.25, -0.2) is 9.78 Å². The van der Waals surface area contributed by atoms with Crippen LogP contribution in [0, 0.1) is 18.3 Å². The Morgan fingerprint density at radius 2 is 2.09 bits per heavy atom. The lowest BCUT2D eigenvalue weighted by Gasteiger charge is -2.26. The van der Waals surface area contributed by atoms with Crippen molar-refractivity contribution in [2.75, 3.05) is 13.7 Å². The molecule has 1 fully saturated rings. The number of imidazole rings is 1. The molecule has 1 aliphatic rings. The van der Waals surface area contributed by atoms with E-state index >= 15 is 0 Å². The minimum atomic E-state index is -1.70. The van der Waals surface area contributed by atoms with Crippen LogP contribution in [0.2, 0.25) is 0 Å². The number of carbonyl (C=O) groups is 3. The van der Waals surface area contributed by atoms with E-state index in [0.29, 0.717) is 11.1 Å². The molecule has 0 spiro atoms. The molecular weight excluding hydrogens is 418 g/mol. The predicted molar refractivity (Wildman–Crippen MR) is 109 cm³/mol. The number of Topliss-reactive ketones (excluding diaryl/α,β-unsaturated/α-hetero) is 1. The second kappa shape index (κ2) is 9.30. The van der Waals surface area contributed by atoms with Crippen LogP contribution in [-0.4, -0.2) is 57.8 Å². The van der Waals surface area contributed by atoms with Crippen molar-refractivity contribution in [3.63, 3.8) is 0 Å². The van der Waals surface area contributed by atoms with Gasteiger partial charge in [-0.1, -0.05) is 24.3 Å². The topological polar surface area (TPSA) is 141 Å². The summed E-state index contributed by atoms with van der Waals surface area (Å²) in [6.07, 6.45) is -1.17. The van der Waals surface area contributed by atoms with Gasteiger partial charge in [-0.05, 0) is 12.5 Å². The van der Waals surface area contributed by atoms with E-state index in [1.165, 1.54) is 24.9 Å². The van der Waals surface area contributed by atoms with Gasteiger partial charge in [-0.15, -0.1) is 0 Å². The summed E-state index contributed by atoms with van der Waals surface area (Å²) in [5.41, 5.74) is -0.551. The number of nitriles is 1. The van der Waals surface area contributed by atoms with Gasteiger partial charge < -0.3 is 23.9 Å². The molecule has 168 valence electrons. The molecule has 1 N–H and O–H groups in total. The number of aryl methyl sites for hydroxylation is 1. The Morgan fingerprint density at radius 3 is 2.69 bits per heavy atom. The molecule has 0 aliphatic carbocycles. The van der Waals surface area contributed by atoms with Crippen LogP contribution < -0.4 is 0 Å². The van der Waals surface area contributed by atoms with Gasteiger partial charge in [-0.3, -0.25) is 9.59 Å². The number of esters is 2. The first-order valence-corrected chi connectivity index (χ1v) is 9.85. The van der Waals surface area contributed by atoms with E-state index in [9.17, 15) is 24.8 Å². The SMILES string of the molecule is COC(=O)c1ncn(C2O[C@@](CO)(C(=O)c3ccccc3C)C[C@H]2OC(C)=O)c1CC#N. The number of nitrogens with zero attached hydrogens (tertiary/aromatic N) is 3. The largest absolute Gasteiger partial charge is 0.464 e. The summed E-state index contributed by atoms with van der Waals surface area (Å²) < 4.78 is 17.6. The average Bonchev–Trinajstić information content (AvgIpc) is 3.35. The molecule has 1 aliphatic heterocycles. The Bertz CT molecular complexity index is 1090. The fourth-order valence-electron chi connectivity index (χ4n) is 3.85. The van der Waals surface area contributed by atoms with Gasteiger partial charge in [0.25, 0.3) is 0 Å². The van der Waals surface area contributed by atoms with Crippen LogP contribution in [0.25, 0.3) is 0 Å². The van der Waals surface area contributed by atoms with Gasteiger partial charge in [-0.2, -0.15) is 5.26 Å². The summed E-state index contributed by atoms with van der Waals surface area (Å²) in [5.74, 6) is -1.83. The molecule has 1 saturated heterocycles. The third kappa shape index (κ3) is 4.12. The standard InChI is InChI=1S/C22H23N3O7/c1-13-6-4-5-7-15(13)19(28)22(11-26)10-17(31-14(2)27)20(32-22)25-12-24-18(21(29)30-3)16(25)8-9-23/h4-7,12,17,20,26H,8,10-11H2,1-3H3/t17-,20?,22+/m1/s1. The highest BCUT2D eigenvalue weighted by Crippen LogP contribution is 2.42. The number of ketones is 1. The zero-order chi connectivity index (χ0) is 23.5. The van der Waals surface area contributed by atoms with E-state index in [0.717, 1.165) is 0 Å². The van der Waals surface area contributed by atoms with Gasteiger partial charge in [0.2, 0.25) is 0 Å². The lowest BCUT2D eigenvalue weighted by Crippen LogP contribution is -2.43. The highest BCUT2D eigenvalue weighted by atomic mass is 16.6. The Balaban J connectivity index is 2.08. The molecule has 10 nitrogen and oxygen atoms in total. The lowest BCUT2D eigenvalue weighted by molar-refractivity contribution is -0.153. The monoisotopic (exact) mass is 441 g/mol. The lowest BCUT2D eigenvalue weighted by atomic mass is 9.88. The molecule has 1 unspecified atom stereocenters. The number of hydrogen-bond donors (Lipinski definition) is 1. The molecule has 2 aromatic rings. The Hall–Kier alpha value is -3.55. The van der Waals surface area contributed by atoms with E-state index in [-0.39, 0.29) is 24.2 Å². The normalized spacial score (nSPS) is 22.2. The highest BCUT2D eigenvalue weighted by molar-refractivity contribution is 6.04. The zero-order valence-corrected chi connectivity index (χ0v) is 17.9. The molecule has 0 saturated carbocycles. The van der Waals surface area contributed by atoms with E-state index < -0.39 is 42.3 Å². The summed E-state index contributed by atoms with van der Waals surface area (Å²) >= 11 is 0. The first-order chi connectivity index (χ1) is 15.3. The van der Waals surface area contributed by atoms with E-state index in [2.05, 4.69) is 4.98 Å². The van der Waals surface area contributed by atoms with Gasteiger partial charge in [0, 0.05) is 18.9 Å². The van der Waals surface area contributed by atoms with Gasteiger partial charge in [0.1, 0.15) is 0 Å². The fourth-order valence-corrected chi connectivity index (χ4v) is 3.85. The first-order valence-electron chi connectivity index (χ1n) is 9.85. The van der Waals surface area contributed by atoms with E-state index in [1.54, 1.807) is 31.2 Å². The second-order valence-electron chi connectivity index (χ2n) is 7.43. The van der Waals surface area contributed by atoms with Crippen LogP contribution in [0.1, 0.15) is 51.7 Å². The number of ether oxygens (including phenoxy) is 3. The molecule has 0 radical (unpaired) electrons. The van der Waals surface area contributed by atoms with Crippen molar-refractivity contribution in [2.24, 2.45) is 0 Å². The van der Waals surface area contributed by atoms with Crippen molar-refractivity contribution < 1.29 is 33.7 Å². The minimum absolute atomic E-state index is 0.0917. The third-order valence-electron chi connectivity index (χ3n) is 5.37. The summed E-state index contributed by atoms with van der Waals surface area (Å²) in [7, 11) is 1.18. The van der Waals surface area contributed by atoms with E-state index in [1.807, 2.05) is 6.07 Å². The maximum absolute atomic E-state index is 13.4. The van der Waals surface area contributed by atoms with Gasteiger partial charge >= 0.3 is 11.9 Å². The predicted octanol–water partition coefficient (Wildman–Crippen LogP) is 1.51. The molecular formula is C22H23N3O7. The highest BCUT2D eigenvalue weighted by Gasteiger charge is 2.54. The summed E-state index contributed by atoms with van der Waals surface area (Å²) in [4.78, 5) is 41.3. The van der Waals surface area contributed by atoms with Crippen molar-refractivity contribution in [1.29, 1.82) is 5.26 Å². The van der Waals surface area contributed by atoms with Crippen LogP contribution in [0.4, 0.5) is 0 Å². The molecule has 0 amide bonds. The Kier molecular flexibility index (Phi) is 6.72. The maximum Gasteiger partial charge on any atom is 0.358 e. The summed E-state index contributed by atoms with van der Waals surface area (Å²) in [6.45, 7) is 2.31. The number of benzene rings is 1. The Labute approximate surface area is 184 Å². The molecule has 10 heteroatoms. The quantitative estimate of drug-likeness (QED) is 0.500. The number of hydrogen-bond acceptors (Lipinski definition) is 9. The first kappa shape index (κ1) is 23.1. The van der Waals surface area contributed by atoms with Crippen LogP contribution in [0.3, 0.4) is 0 Å². The number of carbonyl (C=O) groups excluding carboxylic acids is 3. The van der Waals surface area contributed by atoms with Crippen molar-refractivity contribution >= 4 is 17.7 Å². The number of aliphatic hydroxyl groups excluding tert-OH is 1. The molecule has 0 bridgehead atoms. The second-order valence-corrected chi connectivity index (χ2v) is 7.43. The van der Waals surface area contributed by atoms with Crippen molar-refractivity contribution in [1.82, 2.24) is 9.55 Å². The summed E-state index contributed by atoms with van der Waals surface area (Å²) in [6, 6.07) is 8.82. The number of aliphatic hydroxyl groups is 1. The molecule has 2 heterocycles. The summed E-state index contributed by atoms with van der Waals surface area (Å²) in [5, 5.41) is 19.5. The van der Waals surface area contributed by atoms with Crippen LogP contribution in [0.5, 0.6) is 0 Å². The van der Waals surface area contributed by atoms with Crippen molar-refractivity contribution in [3.8, 4) is 6.07 Å². The molecule has 1 aromatic heterocycles. The fraction of sp³-hybridized carbons (Fsp3) is 0.409. The smallest absolute Gasteiger partial charge is 0.358 e. The van der Waals surface area contributed by atoms with E-state index in [4.69, 9.17) is 14.2 Å².